The van der Waals surface area contributed by atoms with Crippen molar-refractivity contribution in [3.63, 3.8) is 0 Å². The van der Waals surface area contributed by atoms with Crippen LogP contribution in [0.3, 0.4) is 0 Å². The SMILES string of the molecule is C/C=C1/OCC2(COCOC2)/C(=C\C)O1. The summed E-state index contributed by atoms with van der Waals surface area (Å²) in [6.07, 6.45) is 3.75. The van der Waals surface area contributed by atoms with E-state index in [9.17, 15) is 0 Å². The molecule has 0 N–H and O–H groups in total. The molecule has 2 fully saturated rings. The van der Waals surface area contributed by atoms with Crippen LogP contribution >= 0.6 is 0 Å². The zero-order valence-electron chi connectivity index (χ0n) is 9.12. The van der Waals surface area contributed by atoms with E-state index in [0.717, 1.165) is 5.76 Å². The minimum atomic E-state index is -0.264. The van der Waals surface area contributed by atoms with Crippen molar-refractivity contribution >= 4 is 0 Å². The number of ether oxygens (including phenoxy) is 4. The minimum Gasteiger partial charge on any atom is -0.464 e. The second kappa shape index (κ2) is 4.24. The third-order valence-corrected chi connectivity index (χ3v) is 2.65. The molecule has 0 unspecified atom stereocenters. The zero-order chi connectivity index (χ0) is 10.7. The van der Waals surface area contributed by atoms with Crippen LogP contribution in [0.1, 0.15) is 13.8 Å². The van der Waals surface area contributed by atoms with Crippen LogP contribution < -0.4 is 0 Å². The van der Waals surface area contributed by atoms with Gasteiger partial charge < -0.3 is 18.9 Å². The van der Waals surface area contributed by atoms with E-state index in [1.165, 1.54) is 0 Å². The Balaban J connectivity index is 2.18. The number of rotatable bonds is 0. The van der Waals surface area contributed by atoms with Gasteiger partial charge in [0.25, 0.3) is 5.95 Å². The van der Waals surface area contributed by atoms with Gasteiger partial charge in [-0.1, -0.05) is 0 Å². The highest BCUT2D eigenvalue weighted by Crippen LogP contribution is 2.38. The van der Waals surface area contributed by atoms with E-state index in [1.54, 1.807) is 6.08 Å². The summed E-state index contributed by atoms with van der Waals surface area (Å²) in [6, 6.07) is 0. The van der Waals surface area contributed by atoms with E-state index in [2.05, 4.69) is 0 Å². The van der Waals surface area contributed by atoms with Gasteiger partial charge in [-0.25, -0.2) is 0 Å². The lowest BCUT2D eigenvalue weighted by Gasteiger charge is -2.41. The molecule has 0 amide bonds. The standard InChI is InChI=1S/C11H16O4/c1-3-9-11(5-12-8-13-6-11)7-14-10(4-2)15-9/h3-4H,5-8H2,1-2H3/b9-3+,10-4-. The van der Waals surface area contributed by atoms with Gasteiger partial charge in [-0.2, -0.15) is 0 Å². The maximum absolute atomic E-state index is 5.62. The first kappa shape index (κ1) is 10.5. The van der Waals surface area contributed by atoms with E-state index >= 15 is 0 Å². The third kappa shape index (κ3) is 1.87. The topological polar surface area (TPSA) is 36.9 Å². The summed E-state index contributed by atoms with van der Waals surface area (Å²) in [5.74, 6) is 1.43. The van der Waals surface area contributed by atoms with Gasteiger partial charge in [0, 0.05) is 0 Å². The predicted molar refractivity (Wildman–Crippen MR) is 53.8 cm³/mol. The normalized spacial score (nSPS) is 30.3. The molecule has 2 aliphatic rings. The van der Waals surface area contributed by atoms with Gasteiger partial charge in [0.2, 0.25) is 0 Å². The lowest BCUT2D eigenvalue weighted by atomic mass is 9.87. The average Bonchev–Trinajstić information content (AvgIpc) is 2.31. The summed E-state index contributed by atoms with van der Waals surface area (Å²) >= 11 is 0. The first-order valence-corrected chi connectivity index (χ1v) is 5.10. The first-order valence-electron chi connectivity index (χ1n) is 5.10. The first-order chi connectivity index (χ1) is 7.30. The Morgan fingerprint density at radius 3 is 2.40 bits per heavy atom. The Bertz CT molecular complexity index is 287. The van der Waals surface area contributed by atoms with Crippen molar-refractivity contribution in [2.24, 2.45) is 5.41 Å². The van der Waals surface area contributed by atoms with Gasteiger partial charge in [-0.15, -0.1) is 0 Å². The molecule has 2 rings (SSSR count). The second-order valence-corrected chi connectivity index (χ2v) is 3.75. The van der Waals surface area contributed by atoms with Crippen LogP contribution in [-0.4, -0.2) is 26.6 Å². The molecule has 2 saturated heterocycles. The monoisotopic (exact) mass is 212 g/mol. The fourth-order valence-electron chi connectivity index (χ4n) is 1.83. The predicted octanol–water partition coefficient (Wildman–Crippen LogP) is 1.79. The Morgan fingerprint density at radius 1 is 1.07 bits per heavy atom. The average molecular weight is 212 g/mol. The highest BCUT2D eigenvalue weighted by atomic mass is 16.7. The molecule has 0 aliphatic carbocycles. The molecule has 2 aliphatic heterocycles. The summed E-state index contributed by atoms with van der Waals surface area (Å²) in [6.45, 7) is 5.91. The third-order valence-electron chi connectivity index (χ3n) is 2.65. The van der Waals surface area contributed by atoms with Crippen molar-refractivity contribution in [1.82, 2.24) is 0 Å². The summed E-state index contributed by atoms with van der Waals surface area (Å²) in [5.41, 5.74) is -0.264. The van der Waals surface area contributed by atoms with Gasteiger partial charge in [0.15, 0.2) is 0 Å². The molecule has 0 aromatic rings. The summed E-state index contributed by atoms with van der Waals surface area (Å²) in [4.78, 5) is 0. The molecule has 0 radical (unpaired) electrons. The van der Waals surface area contributed by atoms with Crippen LogP contribution in [0.5, 0.6) is 0 Å². The second-order valence-electron chi connectivity index (χ2n) is 3.75. The Kier molecular flexibility index (Phi) is 2.98. The van der Waals surface area contributed by atoms with Crippen molar-refractivity contribution in [3.8, 4) is 0 Å². The van der Waals surface area contributed by atoms with Crippen molar-refractivity contribution in [3.05, 3.63) is 23.9 Å². The molecule has 0 aromatic carbocycles. The van der Waals surface area contributed by atoms with E-state index in [4.69, 9.17) is 18.9 Å². The van der Waals surface area contributed by atoms with E-state index < -0.39 is 0 Å². The molecule has 1 spiro atoms. The largest absolute Gasteiger partial charge is 0.464 e. The number of hydrogen-bond donors (Lipinski definition) is 0. The maximum Gasteiger partial charge on any atom is 0.279 e. The van der Waals surface area contributed by atoms with Crippen LogP contribution in [0.15, 0.2) is 23.9 Å². The molecule has 0 atom stereocenters. The van der Waals surface area contributed by atoms with Gasteiger partial charge in [0.1, 0.15) is 24.6 Å². The molecule has 84 valence electrons. The Morgan fingerprint density at radius 2 is 1.80 bits per heavy atom. The summed E-state index contributed by atoms with van der Waals surface area (Å²) in [7, 11) is 0. The molecule has 2 heterocycles. The fraction of sp³-hybridized carbons (Fsp3) is 0.636. The van der Waals surface area contributed by atoms with Crippen LogP contribution in [-0.2, 0) is 18.9 Å². The molecule has 0 aromatic heterocycles. The number of hydrogen-bond acceptors (Lipinski definition) is 4. The lowest BCUT2D eigenvalue weighted by molar-refractivity contribution is -0.197. The molecular weight excluding hydrogens is 196 g/mol. The zero-order valence-corrected chi connectivity index (χ0v) is 9.12. The Hall–Kier alpha value is -1.00. The van der Waals surface area contributed by atoms with Crippen LogP contribution in [0.2, 0.25) is 0 Å². The van der Waals surface area contributed by atoms with Crippen molar-refractivity contribution in [2.45, 2.75) is 13.8 Å². The minimum absolute atomic E-state index is 0.264. The molecule has 4 heteroatoms. The van der Waals surface area contributed by atoms with E-state index in [1.807, 2.05) is 19.9 Å². The van der Waals surface area contributed by atoms with Crippen molar-refractivity contribution in [2.75, 3.05) is 26.6 Å². The van der Waals surface area contributed by atoms with Gasteiger partial charge in [0.05, 0.1) is 13.2 Å². The van der Waals surface area contributed by atoms with Gasteiger partial charge >= 0.3 is 0 Å². The summed E-state index contributed by atoms with van der Waals surface area (Å²) < 4.78 is 21.8. The highest BCUT2D eigenvalue weighted by molar-refractivity contribution is 5.14. The fourth-order valence-corrected chi connectivity index (χ4v) is 1.83. The highest BCUT2D eigenvalue weighted by Gasteiger charge is 2.43. The Labute approximate surface area is 89.5 Å². The smallest absolute Gasteiger partial charge is 0.279 e. The molecule has 4 nitrogen and oxygen atoms in total. The van der Waals surface area contributed by atoms with Crippen molar-refractivity contribution in [1.29, 1.82) is 0 Å². The lowest BCUT2D eigenvalue weighted by Crippen LogP contribution is -2.46. The van der Waals surface area contributed by atoms with Crippen LogP contribution in [0, 0.1) is 5.41 Å². The van der Waals surface area contributed by atoms with Gasteiger partial charge in [-0.05, 0) is 26.0 Å². The number of allylic oxidation sites excluding steroid dienone is 2. The van der Waals surface area contributed by atoms with E-state index in [-0.39, 0.29) is 5.41 Å². The molecule has 0 saturated carbocycles. The van der Waals surface area contributed by atoms with Crippen LogP contribution in [0.25, 0.3) is 0 Å². The quantitative estimate of drug-likeness (QED) is 0.613. The van der Waals surface area contributed by atoms with E-state index in [0.29, 0.717) is 32.6 Å². The molecular formula is C11H16O4. The summed E-state index contributed by atoms with van der Waals surface area (Å²) in [5, 5.41) is 0. The van der Waals surface area contributed by atoms with Crippen molar-refractivity contribution < 1.29 is 18.9 Å². The van der Waals surface area contributed by atoms with Crippen LogP contribution in [0.4, 0.5) is 0 Å². The molecule has 15 heavy (non-hydrogen) atoms. The molecule has 0 bridgehead atoms. The maximum atomic E-state index is 5.62. The van der Waals surface area contributed by atoms with Gasteiger partial charge in [-0.3, -0.25) is 0 Å².